The van der Waals surface area contributed by atoms with Gasteiger partial charge in [0, 0.05) is 32.4 Å². The minimum absolute atomic E-state index is 0.0615. The van der Waals surface area contributed by atoms with Crippen LogP contribution < -0.4 is 5.32 Å². The van der Waals surface area contributed by atoms with Gasteiger partial charge < -0.3 is 15.0 Å². The molecule has 4 rings (SSSR count). The van der Waals surface area contributed by atoms with E-state index in [0.717, 1.165) is 16.7 Å². The highest BCUT2D eigenvalue weighted by Gasteiger charge is 2.44. The number of aromatic nitrogens is 1. The second-order valence-corrected chi connectivity index (χ2v) is 8.12. The lowest BCUT2D eigenvalue weighted by Crippen LogP contribution is -2.61. The van der Waals surface area contributed by atoms with Crippen molar-refractivity contribution < 1.29 is 18.7 Å². The maximum atomic E-state index is 14.1. The number of hydrogen-bond acceptors (Lipinski definition) is 4. The first kappa shape index (κ1) is 22.6. The number of nitrogens with one attached hydrogen (secondary N) is 1. The van der Waals surface area contributed by atoms with Crippen molar-refractivity contribution in [2.24, 2.45) is 0 Å². The van der Waals surface area contributed by atoms with Gasteiger partial charge in [0.2, 0.25) is 5.91 Å². The fourth-order valence-corrected chi connectivity index (χ4v) is 4.20. The highest BCUT2D eigenvalue weighted by atomic mass is 19.1. The van der Waals surface area contributed by atoms with Gasteiger partial charge in [0.15, 0.2) is 5.60 Å². The maximum Gasteiger partial charge on any atom is 0.254 e. The fourth-order valence-electron chi connectivity index (χ4n) is 4.20. The molecule has 1 aliphatic heterocycles. The van der Waals surface area contributed by atoms with Gasteiger partial charge in [-0.05, 0) is 40.5 Å². The van der Waals surface area contributed by atoms with E-state index in [4.69, 9.17) is 4.74 Å². The van der Waals surface area contributed by atoms with Crippen LogP contribution in [0, 0.1) is 5.82 Å². The van der Waals surface area contributed by atoms with Gasteiger partial charge in [0.1, 0.15) is 5.82 Å². The highest BCUT2D eigenvalue weighted by molar-refractivity contribution is 5.87. The van der Waals surface area contributed by atoms with E-state index >= 15 is 0 Å². The number of amides is 2. The average molecular weight is 448 g/mol. The Bertz CT molecular complexity index is 1140. The molecule has 0 aliphatic carbocycles. The van der Waals surface area contributed by atoms with Crippen molar-refractivity contribution in [2.75, 3.05) is 26.7 Å². The molecule has 0 radical (unpaired) electrons. The van der Waals surface area contributed by atoms with Crippen molar-refractivity contribution in [3.63, 3.8) is 0 Å². The smallest absolute Gasteiger partial charge is 0.254 e. The number of carbonyl (C=O) groups is 2. The number of nitrogens with zero attached hydrogens (tertiary/aromatic N) is 2. The lowest BCUT2D eigenvalue weighted by atomic mass is 9.89. The van der Waals surface area contributed by atoms with Gasteiger partial charge in [0.25, 0.3) is 5.91 Å². The van der Waals surface area contributed by atoms with Crippen LogP contribution in [0.3, 0.4) is 0 Å². The summed E-state index contributed by atoms with van der Waals surface area (Å²) in [5, 5.41) is 2.69. The molecule has 1 aromatic heterocycles. The number of ether oxygens (including phenoxy) is 1. The van der Waals surface area contributed by atoms with E-state index in [1.54, 1.807) is 42.5 Å². The molecule has 2 heterocycles. The van der Waals surface area contributed by atoms with Crippen LogP contribution in [-0.4, -0.2) is 54.0 Å². The van der Waals surface area contributed by atoms with E-state index in [0.29, 0.717) is 18.5 Å². The number of morpholine rings is 1. The van der Waals surface area contributed by atoms with Crippen molar-refractivity contribution in [2.45, 2.75) is 18.4 Å². The number of halogens is 1. The average Bonchev–Trinajstić information content (AvgIpc) is 2.85. The van der Waals surface area contributed by atoms with Crippen molar-refractivity contribution >= 4 is 11.8 Å². The minimum atomic E-state index is -1.23. The number of carbonyl (C=O) groups excluding carboxylic acids is 2. The zero-order chi connectivity index (χ0) is 23.3. The van der Waals surface area contributed by atoms with E-state index in [9.17, 15) is 14.0 Å². The lowest BCUT2D eigenvalue weighted by Gasteiger charge is -2.41. The predicted octanol–water partition coefficient (Wildman–Crippen LogP) is 3.02. The lowest BCUT2D eigenvalue weighted by molar-refractivity contribution is -0.165. The predicted molar refractivity (Wildman–Crippen MR) is 123 cm³/mol. The van der Waals surface area contributed by atoms with Gasteiger partial charge >= 0.3 is 0 Å². The Kier molecular flexibility index (Phi) is 6.79. The first-order valence-electron chi connectivity index (χ1n) is 10.9. The number of benzene rings is 2. The Balaban J connectivity index is 1.57. The Hall–Kier alpha value is -3.58. The number of hydrogen-bond donors (Lipinski definition) is 1. The van der Waals surface area contributed by atoms with E-state index in [1.807, 2.05) is 36.4 Å². The summed E-state index contributed by atoms with van der Waals surface area (Å²) in [7, 11) is 1.56. The van der Waals surface area contributed by atoms with Crippen molar-refractivity contribution in [1.82, 2.24) is 15.2 Å². The zero-order valence-electron chi connectivity index (χ0n) is 18.5. The van der Waals surface area contributed by atoms with Crippen LogP contribution in [0.25, 0.3) is 11.1 Å². The first-order chi connectivity index (χ1) is 16.0. The van der Waals surface area contributed by atoms with Gasteiger partial charge in [-0.3, -0.25) is 14.6 Å². The molecule has 170 valence electrons. The Labute approximate surface area is 192 Å². The normalized spacial score (nSPS) is 18.1. The standard InChI is InChI=1S/C26H26FN3O3/c1-28-25(32)26(17-19-5-4-7-21(15-19)20-9-11-29-12-10-20)18-30(13-14-33-26)24(31)16-22-6-2-3-8-23(22)27/h2-12,15H,13-14,16-18H2,1H3,(H,28,32)/t26-/m0/s1. The molecule has 2 aromatic carbocycles. The number of pyridine rings is 1. The second kappa shape index (κ2) is 9.92. The Morgan fingerprint density at radius 2 is 1.88 bits per heavy atom. The molecule has 0 spiro atoms. The van der Waals surface area contributed by atoms with Crippen LogP contribution in [0.1, 0.15) is 11.1 Å². The fraction of sp³-hybridized carbons (Fsp3) is 0.269. The molecule has 3 aromatic rings. The highest BCUT2D eigenvalue weighted by Crippen LogP contribution is 2.27. The van der Waals surface area contributed by atoms with Gasteiger partial charge in [-0.2, -0.15) is 0 Å². The van der Waals surface area contributed by atoms with Crippen LogP contribution in [0.4, 0.5) is 4.39 Å². The SMILES string of the molecule is CNC(=O)[C@]1(Cc2cccc(-c3ccncc3)c2)CN(C(=O)Cc2ccccc2F)CCO1. The molecular weight excluding hydrogens is 421 g/mol. The Morgan fingerprint density at radius 3 is 2.64 bits per heavy atom. The summed E-state index contributed by atoms with van der Waals surface area (Å²) in [6, 6.07) is 18.0. The van der Waals surface area contributed by atoms with Gasteiger partial charge in [0.05, 0.1) is 19.6 Å². The third kappa shape index (κ3) is 5.09. The molecule has 0 unspecified atom stereocenters. The Morgan fingerprint density at radius 1 is 1.09 bits per heavy atom. The first-order valence-corrected chi connectivity index (χ1v) is 10.9. The van der Waals surface area contributed by atoms with Crippen LogP contribution in [0.5, 0.6) is 0 Å². The van der Waals surface area contributed by atoms with Crippen LogP contribution in [0.15, 0.2) is 73.1 Å². The van der Waals surface area contributed by atoms with Crippen molar-refractivity contribution in [3.05, 3.63) is 90.0 Å². The number of likely N-dealkylation sites (N-methyl/N-ethyl adjacent to an activating group) is 1. The number of rotatable bonds is 6. The summed E-state index contributed by atoms with van der Waals surface area (Å²) >= 11 is 0. The van der Waals surface area contributed by atoms with Crippen LogP contribution in [0.2, 0.25) is 0 Å². The zero-order valence-corrected chi connectivity index (χ0v) is 18.5. The molecule has 1 fully saturated rings. The molecule has 1 atom stereocenters. The molecule has 0 saturated carbocycles. The van der Waals surface area contributed by atoms with Crippen molar-refractivity contribution in [3.8, 4) is 11.1 Å². The van der Waals surface area contributed by atoms with E-state index < -0.39 is 11.4 Å². The van der Waals surface area contributed by atoms with Gasteiger partial charge in [-0.25, -0.2) is 4.39 Å². The summed E-state index contributed by atoms with van der Waals surface area (Å²) in [6.45, 7) is 0.670. The maximum absolute atomic E-state index is 14.1. The van der Waals surface area contributed by atoms with Crippen molar-refractivity contribution in [1.29, 1.82) is 0 Å². The van der Waals surface area contributed by atoms with Crippen LogP contribution in [-0.2, 0) is 27.2 Å². The van der Waals surface area contributed by atoms with Crippen LogP contribution >= 0.6 is 0 Å². The molecule has 1 aliphatic rings. The van der Waals surface area contributed by atoms with Gasteiger partial charge in [-0.15, -0.1) is 0 Å². The third-order valence-electron chi connectivity index (χ3n) is 5.91. The van der Waals surface area contributed by atoms with Gasteiger partial charge in [-0.1, -0.05) is 42.5 Å². The van der Waals surface area contributed by atoms with E-state index in [2.05, 4.69) is 10.3 Å². The molecule has 7 heteroatoms. The summed E-state index contributed by atoms with van der Waals surface area (Å²) in [6.07, 6.45) is 3.71. The quantitative estimate of drug-likeness (QED) is 0.631. The molecule has 33 heavy (non-hydrogen) atoms. The second-order valence-electron chi connectivity index (χ2n) is 8.12. The molecule has 6 nitrogen and oxygen atoms in total. The third-order valence-corrected chi connectivity index (χ3v) is 5.91. The minimum Gasteiger partial charge on any atom is -0.361 e. The summed E-state index contributed by atoms with van der Waals surface area (Å²) in [5.74, 6) is -0.938. The summed E-state index contributed by atoms with van der Waals surface area (Å²) in [5.41, 5.74) is 2.05. The summed E-state index contributed by atoms with van der Waals surface area (Å²) < 4.78 is 20.1. The largest absolute Gasteiger partial charge is 0.361 e. The molecule has 1 N–H and O–H groups in total. The topological polar surface area (TPSA) is 71.5 Å². The molecule has 0 bridgehead atoms. The van der Waals surface area contributed by atoms with E-state index in [-0.39, 0.29) is 31.4 Å². The molecule has 2 amide bonds. The molecule has 1 saturated heterocycles. The van der Waals surface area contributed by atoms with E-state index in [1.165, 1.54) is 6.07 Å². The summed E-state index contributed by atoms with van der Waals surface area (Å²) in [4.78, 5) is 31.6. The molecular formula is C26H26FN3O3. The monoisotopic (exact) mass is 447 g/mol.